The average molecular weight is 261 g/mol. The Morgan fingerprint density at radius 2 is 2.11 bits per heavy atom. The molecule has 104 valence electrons. The lowest BCUT2D eigenvalue weighted by Crippen LogP contribution is -2.34. The van der Waals surface area contributed by atoms with Gasteiger partial charge >= 0.3 is 0 Å². The van der Waals surface area contributed by atoms with E-state index in [1.165, 1.54) is 38.6 Å². The molecule has 3 heteroatoms. The number of fused-ring (bicyclic) bond motifs is 1. The molecule has 1 N–H and O–H groups in total. The van der Waals surface area contributed by atoms with Crippen molar-refractivity contribution in [2.45, 2.75) is 44.7 Å². The van der Waals surface area contributed by atoms with E-state index < -0.39 is 0 Å². The molecule has 0 spiro atoms. The molecule has 1 saturated heterocycles. The number of rotatable bonds is 3. The van der Waals surface area contributed by atoms with E-state index in [0.717, 1.165) is 24.1 Å². The van der Waals surface area contributed by atoms with Gasteiger partial charge in [0, 0.05) is 18.2 Å². The molecule has 2 fully saturated rings. The summed E-state index contributed by atoms with van der Waals surface area (Å²) in [7, 11) is 1.60. The number of hydrogen-bond donors (Lipinski definition) is 1. The van der Waals surface area contributed by atoms with Crippen LogP contribution in [0.3, 0.4) is 0 Å². The van der Waals surface area contributed by atoms with Gasteiger partial charge in [0.1, 0.15) is 0 Å². The van der Waals surface area contributed by atoms with Crippen molar-refractivity contribution in [2.24, 2.45) is 5.92 Å². The summed E-state index contributed by atoms with van der Waals surface area (Å²) in [5.74, 6) is 1.78. The van der Waals surface area contributed by atoms with Gasteiger partial charge < -0.3 is 9.84 Å². The Balaban J connectivity index is 1.75. The van der Waals surface area contributed by atoms with E-state index in [1.807, 2.05) is 18.2 Å². The lowest BCUT2D eigenvalue weighted by Gasteiger charge is -2.31. The molecule has 3 nitrogen and oxygen atoms in total. The maximum absolute atomic E-state index is 10.2. The van der Waals surface area contributed by atoms with Crippen LogP contribution in [0.4, 0.5) is 0 Å². The molecule has 2 aliphatic rings. The average Bonchev–Trinajstić information content (AvgIpc) is 2.85. The predicted octanol–water partition coefficient (Wildman–Crippen LogP) is 3.17. The van der Waals surface area contributed by atoms with Crippen molar-refractivity contribution in [1.82, 2.24) is 4.90 Å². The highest BCUT2D eigenvalue weighted by Gasteiger charge is 2.35. The van der Waals surface area contributed by atoms with E-state index in [0.29, 0.717) is 11.5 Å². The maximum atomic E-state index is 10.2. The fourth-order valence-electron chi connectivity index (χ4n) is 3.78. The molecule has 2 unspecified atom stereocenters. The third kappa shape index (κ3) is 2.44. The molecule has 1 heterocycles. The summed E-state index contributed by atoms with van der Waals surface area (Å²) in [6.45, 7) is 2.02. The molecule has 0 bridgehead atoms. The number of phenols is 1. The summed E-state index contributed by atoms with van der Waals surface area (Å²) < 4.78 is 5.19. The number of hydrogen-bond acceptors (Lipinski definition) is 3. The van der Waals surface area contributed by atoms with Gasteiger partial charge in [0.2, 0.25) is 0 Å². The standard InChI is InChI=1S/C16H23NO2/c1-19-15-8-4-6-13(16(15)18)11-17-10-9-12-5-2-3-7-14(12)17/h4,6,8,12,14,18H,2-3,5,7,9-11H2,1H3. The van der Waals surface area contributed by atoms with Crippen LogP contribution in [0.2, 0.25) is 0 Å². The van der Waals surface area contributed by atoms with Gasteiger partial charge in [-0.15, -0.1) is 0 Å². The number of ether oxygens (including phenoxy) is 1. The van der Waals surface area contributed by atoms with Crippen LogP contribution in [0.15, 0.2) is 18.2 Å². The van der Waals surface area contributed by atoms with Crippen molar-refractivity contribution in [3.05, 3.63) is 23.8 Å². The van der Waals surface area contributed by atoms with Gasteiger partial charge in [0.15, 0.2) is 11.5 Å². The zero-order valence-electron chi connectivity index (χ0n) is 11.6. The number of likely N-dealkylation sites (tertiary alicyclic amines) is 1. The molecule has 2 atom stereocenters. The normalized spacial score (nSPS) is 27.2. The number of methoxy groups -OCH3 is 1. The van der Waals surface area contributed by atoms with Crippen LogP contribution in [-0.4, -0.2) is 29.7 Å². The Bertz CT molecular complexity index is 446. The highest BCUT2D eigenvalue weighted by molar-refractivity contribution is 5.45. The summed E-state index contributed by atoms with van der Waals surface area (Å²) in [5, 5.41) is 10.2. The van der Waals surface area contributed by atoms with Gasteiger partial charge in [-0.1, -0.05) is 25.0 Å². The monoisotopic (exact) mass is 261 g/mol. The van der Waals surface area contributed by atoms with Crippen LogP contribution in [-0.2, 0) is 6.54 Å². The molecule has 1 aliphatic carbocycles. The Morgan fingerprint density at radius 1 is 1.26 bits per heavy atom. The minimum atomic E-state index is 0.309. The van der Waals surface area contributed by atoms with Crippen molar-refractivity contribution >= 4 is 0 Å². The van der Waals surface area contributed by atoms with Crippen molar-refractivity contribution in [1.29, 1.82) is 0 Å². The summed E-state index contributed by atoms with van der Waals surface area (Å²) in [6.07, 6.45) is 6.82. The van der Waals surface area contributed by atoms with Gasteiger partial charge in [-0.2, -0.15) is 0 Å². The van der Waals surface area contributed by atoms with Crippen LogP contribution >= 0.6 is 0 Å². The zero-order chi connectivity index (χ0) is 13.2. The first-order chi connectivity index (χ1) is 9.29. The van der Waals surface area contributed by atoms with Gasteiger partial charge in [0.25, 0.3) is 0 Å². The second-order valence-electron chi connectivity index (χ2n) is 5.84. The molecule has 0 amide bonds. The third-order valence-electron chi connectivity index (χ3n) is 4.80. The van der Waals surface area contributed by atoms with E-state index in [2.05, 4.69) is 4.90 Å². The quantitative estimate of drug-likeness (QED) is 0.907. The van der Waals surface area contributed by atoms with Crippen LogP contribution in [0.25, 0.3) is 0 Å². The van der Waals surface area contributed by atoms with E-state index in [9.17, 15) is 5.11 Å². The highest BCUT2D eigenvalue weighted by atomic mass is 16.5. The summed E-state index contributed by atoms with van der Waals surface area (Å²) in [4.78, 5) is 2.55. The van der Waals surface area contributed by atoms with Gasteiger partial charge in [0.05, 0.1) is 7.11 Å². The predicted molar refractivity (Wildman–Crippen MR) is 75.4 cm³/mol. The van der Waals surface area contributed by atoms with Crippen molar-refractivity contribution in [3.63, 3.8) is 0 Å². The van der Waals surface area contributed by atoms with E-state index in [4.69, 9.17) is 4.74 Å². The molecule has 19 heavy (non-hydrogen) atoms. The lowest BCUT2D eigenvalue weighted by atomic mass is 9.85. The number of phenolic OH excluding ortho intramolecular Hbond substituents is 1. The largest absolute Gasteiger partial charge is 0.504 e. The number of para-hydroxylation sites is 1. The van der Waals surface area contributed by atoms with Crippen molar-refractivity contribution in [3.8, 4) is 11.5 Å². The fourth-order valence-corrected chi connectivity index (χ4v) is 3.78. The molecule has 0 radical (unpaired) electrons. The second-order valence-corrected chi connectivity index (χ2v) is 5.84. The first-order valence-electron chi connectivity index (χ1n) is 7.38. The number of benzene rings is 1. The highest BCUT2D eigenvalue weighted by Crippen LogP contribution is 2.38. The van der Waals surface area contributed by atoms with Crippen molar-refractivity contribution < 1.29 is 9.84 Å². The molecule has 1 aliphatic heterocycles. The third-order valence-corrected chi connectivity index (χ3v) is 4.80. The fraction of sp³-hybridized carbons (Fsp3) is 0.625. The van der Waals surface area contributed by atoms with Crippen LogP contribution in [0.5, 0.6) is 11.5 Å². The van der Waals surface area contributed by atoms with Crippen LogP contribution < -0.4 is 4.74 Å². The summed E-state index contributed by atoms with van der Waals surface area (Å²) in [5.41, 5.74) is 0.991. The summed E-state index contributed by atoms with van der Waals surface area (Å²) in [6, 6.07) is 6.52. The van der Waals surface area contributed by atoms with Crippen LogP contribution in [0, 0.1) is 5.92 Å². The molecule has 0 aromatic heterocycles. The number of nitrogens with zero attached hydrogens (tertiary/aromatic N) is 1. The maximum Gasteiger partial charge on any atom is 0.162 e. The van der Waals surface area contributed by atoms with E-state index in [1.54, 1.807) is 7.11 Å². The van der Waals surface area contributed by atoms with E-state index in [-0.39, 0.29) is 0 Å². The molecular weight excluding hydrogens is 238 g/mol. The molecule has 1 aromatic carbocycles. The topological polar surface area (TPSA) is 32.7 Å². The Morgan fingerprint density at radius 3 is 2.95 bits per heavy atom. The Labute approximate surface area is 115 Å². The van der Waals surface area contributed by atoms with Gasteiger partial charge in [-0.25, -0.2) is 0 Å². The zero-order valence-corrected chi connectivity index (χ0v) is 11.6. The number of aromatic hydroxyl groups is 1. The lowest BCUT2D eigenvalue weighted by molar-refractivity contribution is 0.174. The minimum Gasteiger partial charge on any atom is -0.504 e. The Hall–Kier alpha value is -1.22. The SMILES string of the molecule is COc1cccc(CN2CCC3CCCCC32)c1O. The van der Waals surface area contributed by atoms with Gasteiger partial charge in [-0.3, -0.25) is 4.90 Å². The molecule has 3 rings (SSSR count). The molecular formula is C16H23NO2. The molecule has 1 saturated carbocycles. The van der Waals surface area contributed by atoms with Crippen LogP contribution in [0.1, 0.15) is 37.7 Å². The van der Waals surface area contributed by atoms with E-state index >= 15 is 0 Å². The smallest absolute Gasteiger partial charge is 0.162 e. The first kappa shape index (κ1) is 12.8. The first-order valence-corrected chi connectivity index (χ1v) is 7.38. The van der Waals surface area contributed by atoms with Crippen molar-refractivity contribution in [2.75, 3.05) is 13.7 Å². The second kappa shape index (κ2) is 5.41. The molecule has 1 aromatic rings. The minimum absolute atomic E-state index is 0.309. The Kier molecular flexibility index (Phi) is 3.65. The summed E-state index contributed by atoms with van der Waals surface area (Å²) >= 11 is 0. The van der Waals surface area contributed by atoms with Gasteiger partial charge in [-0.05, 0) is 37.8 Å².